The first-order chi connectivity index (χ1) is 14.3. The van der Waals surface area contributed by atoms with Crippen molar-refractivity contribution >= 4 is 11.8 Å². The highest BCUT2D eigenvalue weighted by Gasteiger charge is 2.22. The zero-order valence-corrected chi connectivity index (χ0v) is 16.8. The molecule has 1 aromatic carbocycles. The molecule has 0 bridgehead atoms. The molecule has 2 saturated heterocycles. The van der Waals surface area contributed by atoms with Crippen molar-refractivity contribution in [3.8, 4) is 11.5 Å². The van der Waals surface area contributed by atoms with Crippen LogP contribution in [0.25, 0.3) is 0 Å². The summed E-state index contributed by atoms with van der Waals surface area (Å²) in [7, 11) is 0. The standard InChI is InChI=1S/C21H28N6O2/c1-2-4-8-26(7-3-1)20-14-22-24-21(23-20)27-11-9-25(10-12-27)15-17-5-6-18-19(13-17)29-16-28-18/h5-6,13-14H,1-4,7-12,15-16H2. The largest absolute Gasteiger partial charge is 0.454 e. The minimum Gasteiger partial charge on any atom is -0.454 e. The number of nitrogens with zero attached hydrogens (tertiary/aromatic N) is 6. The van der Waals surface area contributed by atoms with Gasteiger partial charge in [-0.1, -0.05) is 18.9 Å². The second-order valence-corrected chi connectivity index (χ2v) is 7.97. The van der Waals surface area contributed by atoms with Crippen LogP contribution in [0.2, 0.25) is 0 Å². The lowest BCUT2D eigenvalue weighted by molar-refractivity contribution is 0.174. The lowest BCUT2D eigenvalue weighted by atomic mass is 10.1. The molecule has 0 amide bonds. The van der Waals surface area contributed by atoms with Crippen LogP contribution >= 0.6 is 0 Å². The Labute approximate surface area is 171 Å². The molecule has 5 rings (SSSR count). The molecule has 29 heavy (non-hydrogen) atoms. The Morgan fingerprint density at radius 3 is 2.45 bits per heavy atom. The predicted molar refractivity (Wildman–Crippen MR) is 111 cm³/mol. The summed E-state index contributed by atoms with van der Waals surface area (Å²) in [5, 5.41) is 8.57. The number of benzene rings is 1. The van der Waals surface area contributed by atoms with Crippen molar-refractivity contribution in [1.29, 1.82) is 0 Å². The number of anilines is 2. The summed E-state index contributed by atoms with van der Waals surface area (Å²) in [5.41, 5.74) is 1.25. The Morgan fingerprint density at radius 1 is 0.828 bits per heavy atom. The summed E-state index contributed by atoms with van der Waals surface area (Å²) in [6, 6.07) is 6.21. The quantitative estimate of drug-likeness (QED) is 0.780. The van der Waals surface area contributed by atoms with E-state index in [1.165, 1.54) is 31.2 Å². The third kappa shape index (κ3) is 4.22. The minimum atomic E-state index is 0.321. The van der Waals surface area contributed by atoms with Gasteiger partial charge in [0.25, 0.3) is 0 Å². The molecule has 0 atom stereocenters. The van der Waals surface area contributed by atoms with E-state index in [1.807, 2.05) is 12.3 Å². The van der Waals surface area contributed by atoms with Crippen molar-refractivity contribution in [2.45, 2.75) is 32.2 Å². The maximum Gasteiger partial charge on any atom is 0.247 e. The van der Waals surface area contributed by atoms with Gasteiger partial charge in [-0.05, 0) is 30.5 Å². The van der Waals surface area contributed by atoms with Crippen molar-refractivity contribution in [2.24, 2.45) is 0 Å². The summed E-state index contributed by atoms with van der Waals surface area (Å²) in [4.78, 5) is 11.9. The molecule has 3 aliphatic rings. The molecule has 0 radical (unpaired) electrons. The van der Waals surface area contributed by atoms with Crippen LogP contribution in [0.1, 0.15) is 31.2 Å². The molecule has 154 valence electrons. The predicted octanol–water partition coefficient (Wildman–Crippen LogP) is 2.30. The molecule has 3 aliphatic heterocycles. The topological polar surface area (TPSA) is 66.9 Å². The molecule has 0 saturated carbocycles. The van der Waals surface area contributed by atoms with Crippen molar-refractivity contribution in [2.75, 3.05) is 55.9 Å². The van der Waals surface area contributed by atoms with E-state index in [2.05, 4.69) is 37.0 Å². The van der Waals surface area contributed by atoms with Crippen LogP contribution in [0.4, 0.5) is 11.8 Å². The van der Waals surface area contributed by atoms with Crippen molar-refractivity contribution in [1.82, 2.24) is 20.1 Å². The van der Waals surface area contributed by atoms with Gasteiger partial charge < -0.3 is 19.3 Å². The summed E-state index contributed by atoms with van der Waals surface area (Å²) in [6.07, 6.45) is 6.90. The molecule has 2 fully saturated rings. The average molecular weight is 396 g/mol. The summed E-state index contributed by atoms with van der Waals surface area (Å²) < 4.78 is 10.9. The zero-order chi connectivity index (χ0) is 19.5. The van der Waals surface area contributed by atoms with Crippen LogP contribution in [0.15, 0.2) is 24.4 Å². The SMILES string of the molecule is c1cc2c(cc1CN1CCN(c3nncc(N4CCCCCC4)n3)CC1)OCO2. The van der Waals surface area contributed by atoms with E-state index >= 15 is 0 Å². The van der Waals surface area contributed by atoms with Crippen LogP contribution in [0.5, 0.6) is 11.5 Å². The lowest BCUT2D eigenvalue weighted by Gasteiger charge is -2.34. The Kier molecular flexibility index (Phi) is 5.34. The van der Waals surface area contributed by atoms with Gasteiger partial charge in [0.05, 0.1) is 6.20 Å². The molecule has 0 aliphatic carbocycles. The van der Waals surface area contributed by atoms with E-state index in [-0.39, 0.29) is 0 Å². The van der Waals surface area contributed by atoms with Crippen LogP contribution in [0.3, 0.4) is 0 Å². The second kappa shape index (κ2) is 8.41. The van der Waals surface area contributed by atoms with Gasteiger partial charge >= 0.3 is 0 Å². The Balaban J connectivity index is 1.19. The van der Waals surface area contributed by atoms with Gasteiger partial charge in [-0.2, -0.15) is 10.1 Å². The van der Waals surface area contributed by atoms with Gasteiger partial charge in [-0.15, -0.1) is 5.10 Å². The second-order valence-electron chi connectivity index (χ2n) is 7.97. The monoisotopic (exact) mass is 396 g/mol. The fraction of sp³-hybridized carbons (Fsp3) is 0.571. The fourth-order valence-electron chi connectivity index (χ4n) is 4.28. The number of hydrogen-bond donors (Lipinski definition) is 0. The highest BCUT2D eigenvalue weighted by molar-refractivity contribution is 5.45. The molecule has 0 N–H and O–H groups in total. The normalized spacial score (nSPS) is 20.0. The molecule has 8 nitrogen and oxygen atoms in total. The minimum absolute atomic E-state index is 0.321. The maximum atomic E-state index is 5.50. The third-order valence-electron chi connectivity index (χ3n) is 5.96. The van der Waals surface area contributed by atoms with Gasteiger partial charge in [-0.25, -0.2) is 0 Å². The smallest absolute Gasteiger partial charge is 0.247 e. The highest BCUT2D eigenvalue weighted by atomic mass is 16.7. The summed E-state index contributed by atoms with van der Waals surface area (Å²) in [6.45, 7) is 7.16. The number of ether oxygens (including phenoxy) is 2. The Morgan fingerprint density at radius 2 is 1.62 bits per heavy atom. The number of piperazine rings is 1. The fourth-order valence-corrected chi connectivity index (χ4v) is 4.28. The zero-order valence-electron chi connectivity index (χ0n) is 16.8. The molecular weight excluding hydrogens is 368 g/mol. The maximum absolute atomic E-state index is 5.50. The van der Waals surface area contributed by atoms with E-state index in [4.69, 9.17) is 14.5 Å². The van der Waals surface area contributed by atoms with Gasteiger partial charge in [0.15, 0.2) is 17.3 Å². The van der Waals surface area contributed by atoms with Crippen molar-refractivity contribution < 1.29 is 9.47 Å². The molecule has 1 aromatic heterocycles. The van der Waals surface area contributed by atoms with Crippen LogP contribution in [-0.4, -0.2) is 66.1 Å². The molecule has 0 unspecified atom stereocenters. The lowest BCUT2D eigenvalue weighted by Crippen LogP contribution is -2.46. The van der Waals surface area contributed by atoms with Crippen LogP contribution in [-0.2, 0) is 6.54 Å². The summed E-state index contributed by atoms with van der Waals surface area (Å²) in [5.74, 6) is 3.42. The van der Waals surface area contributed by atoms with Crippen LogP contribution in [0, 0.1) is 0 Å². The van der Waals surface area contributed by atoms with E-state index < -0.39 is 0 Å². The number of aromatic nitrogens is 3. The van der Waals surface area contributed by atoms with Gasteiger partial charge in [0.2, 0.25) is 12.7 Å². The molecule has 4 heterocycles. The van der Waals surface area contributed by atoms with Gasteiger partial charge in [0, 0.05) is 45.8 Å². The molecule has 8 heteroatoms. The van der Waals surface area contributed by atoms with E-state index in [9.17, 15) is 0 Å². The van der Waals surface area contributed by atoms with Crippen LogP contribution < -0.4 is 19.3 Å². The summed E-state index contributed by atoms with van der Waals surface area (Å²) >= 11 is 0. The Bertz CT molecular complexity index is 832. The first kappa shape index (κ1) is 18.4. The molecule has 0 spiro atoms. The Hall–Kier alpha value is -2.61. The number of rotatable bonds is 4. The first-order valence-corrected chi connectivity index (χ1v) is 10.7. The molecule has 2 aromatic rings. The molecular formula is C21H28N6O2. The van der Waals surface area contributed by atoms with E-state index in [0.717, 1.165) is 69.1 Å². The average Bonchev–Trinajstić information content (AvgIpc) is 3.06. The number of fused-ring (bicyclic) bond motifs is 1. The third-order valence-corrected chi connectivity index (χ3v) is 5.96. The number of hydrogen-bond acceptors (Lipinski definition) is 8. The van der Waals surface area contributed by atoms with Gasteiger partial charge in [-0.3, -0.25) is 4.90 Å². The van der Waals surface area contributed by atoms with E-state index in [1.54, 1.807) is 0 Å². The van der Waals surface area contributed by atoms with Crippen molar-refractivity contribution in [3.63, 3.8) is 0 Å². The van der Waals surface area contributed by atoms with Crippen molar-refractivity contribution in [3.05, 3.63) is 30.0 Å². The highest BCUT2D eigenvalue weighted by Crippen LogP contribution is 2.33. The van der Waals surface area contributed by atoms with Gasteiger partial charge in [0.1, 0.15) is 0 Å². The first-order valence-electron chi connectivity index (χ1n) is 10.7. The van der Waals surface area contributed by atoms with E-state index in [0.29, 0.717) is 6.79 Å².